The molecule has 0 saturated carbocycles. The zero-order valence-corrected chi connectivity index (χ0v) is 11.6. The van der Waals surface area contributed by atoms with Crippen molar-refractivity contribution in [3.05, 3.63) is 29.6 Å². The molecule has 0 heterocycles. The van der Waals surface area contributed by atoms with E-state index >= 15 is 0 Å². The molecular formula is C14H21FN2O2. The third-order valence-electron chi connectivity index (χ3n) is 3.07. The van der Waals surface area contributed by atoms with E-state index in [1.54, 1.807) is 0 Å². The maximum Gasteiger partial charge on any atom is 0.258 e. The van der Waals surface area contributed by atoms with Crippen molar-refractivity contribution in [2.45, 2.75) is 26.3 Å². The summed E-state index contributed by atoms with van der Waals surface area (Å²) >= 11 is 0. The van der Waals surface area contributed by atoms with Crippen molar-refractivity contribution in [3.8, 4) is 5.75 Å². The summed E-state index contributed by atoms with van der Waals surface area (Å²) in [6.45, 7) is 5.48. The molecule has 19 heavy (non-hydrogen) atoms. The van der Waals surface area contributed by atoms with Crippen LogP contribution in [-0.4, -0.2) is 42.1 Å². The number of nitrogens with one attached hydrogen (secondary N) is 1. The van der Waals surface area contributed by atoms with Crippen LogP contribution < -0.4 is 5.32 Å². The summed E-state index contributed by atoms with van der Waals surface area (Å²) in [5.74, 6) is -1.63. The number of amides is 1. The van der Waals surface area contributed by atoms with Crippen molar-refractivity contribution in [2.75, 3.05) is 20.1 Å². The van der Waals surface area contributed by atoms with Crippen LogP contribution in [0.2, 0.25) is 0 Å². The van der Waals surface area contributed by atoms with Crippen molar-refractivity contribution in [2.24, 2.45) is 0 Å². The topological polar surface area (TPSA) is 52.6 Å². The molecule has 0 spiro atoms. The van der Waals surface area contributed by atoms with Crippen LogP contribution in [0.4, 0.5) is 4.39 Å². The lowest BCUT2D eigenvalue weighted by Gasteiger charge is -2.20. The molecule has 0 fully saturated rings. The van der Waals surface area contributed by atoms with Crippen molar-refractivity contribution in [1.29, 1.82) is 0 Å². The number of phenols is 1. The largest absolute Gasteiger partial charge is 0.507 e. The van der Waals surface area contributed by atoms with Gasteiger partial charge in [0.15, 0.2) is 0 Å². The van der Waals surface area contributed by atoms with Crippen LogP contribution in [0.5, 0.6) is 5.75 Å². The van der Waals surface area contributed by atoms with Gasteiger partial charge in [-0.25, -0.2) is 4.39 Å². The van der Waals surface area contributed by atoms with E-state index in [0.29, 0.717) is 12.6 Å². The first-order chi connectivity index (χ1) is 8.93. The summed E-state index contributed by atoms with van der Waals surface area (Å²) in [5.41, 5.74) is -0.292. The van der Waals surface area contributed by atoms with E-state index in [9.17, 15) is 14.3 Å². The van der Waals surface area contributed by atoms with E-state index < -0.39 is 11.7 Å². The summed E-state index contributed by atoms with van der Waals surface area (Å²) in [7, 11) is 2.01. The molecule has 1 amide bonds. The van der Waals surface area contributed by atoms with Gasteiger partial charge in [0.25, 0.3) is 5.91 Å². The van der Waals surface area contributed by atoms with E-state index in [4.69, 9.17) is 0 Å². The molecule has 0 atom stereocenters. The summed E-state index contributed by atoms with van der Waals surface area (Å²) in [6, 6.07) is 4.26. The number of halogens is 1. The van der Waals surface area contributed by atoms with E-state index in [1.165, 1.54) is 12.1 Å². The fourth-order valence-corrected chi connectivity index (χ4v) is 1.61. The SMILES string of the molecule is CC(C)N(C)CCCNC(=O)c1c(O)cccc1F. The Morgan fingerprint density at radius 3 is 2.74 bits per heavy atom. The lowest BCUT2D eigenvalue weighted by molar-refractivity contribution is 0.0944. The fraction of sp³-hybridized carbons (Fsp3) is 0.500. The van der Waals surface area contributed by atoms with Gasteiger partial charge in [-0.1, -0.05) is 6.07 Å². The maximum atomic E-state index is 13.4. The van der Waals surface area contributed by atoms with E-state index in [0.717, 1.165) is 19.0 Å². The molecule has 0 bridgehead atoms. The number of nitrogens with zero attached hydrogens (tertiary/aromatic N) is 1. The second-order valence-electron chi connectivity index (χ2n) is 4.82. The van der Waals surface area contributed by atoms with E-state index in [1.807, 2.05) is 7.05 Å². The Balaban J connectivity index is 2.44. The molecule has 106 valence electrons. The first-order valence-electron chi connectivity index (χ1n) is 6.39. The van der Waals surface area contributed by atoms with Gasteiger partial charge >= 0.3 is 0 Å². The molecule has 1 aromatic carbocycles. The summed E-state index contributed by atoms with van der Waals surface area (Å²) in [5, 5.41) is 12.1. The molecular weight excluding hydrogens is 247 g/mol. The predicted octanol–water partition coefficient (Wildman–Crippen LogP) is 1.99. The van der Waals surface area contributed by atoms with E-state index in [-0.39, 0.29) is 11.3 Å². The highest BCUT2D eigenvalue weighted by atomic mass is 19.1. The first kappa shape index (κ1) is 15.4. The minimum absolute atomic E-state index is 0.292. The third-order valence-corrected chi connectivity index (χ3v) is 3.07. The molecule has 0 aliphatic heterocycles. The number of hydrogen-bond acceptors (Lipinski definition) is 3. The smallest absolute Gasteiger partial charge is 0.258 e. The fourth-order valence-electron chi connectivity index (χ4n) is 1.61. The number of aromatic hydroxyl groups is 1. The molecule has 5 heteroatoms. The molecule has 4 nitrogen and oxygen atoms in total. The monoisotopic (exact) mass is 268 g/mol. The number of rotatable bonds is 6. The van der Waals surface area contributed by atoms with Gasteiger partial charge in [0.2, 0.25) is 0 Å². The first-order valence-corrected chi connectivity index (χ1v) is 6.39. The van der Waals surface area contributed by atoms with Gasteiger partial charge in [-0.3, -0.25) is 4.79 Å². The van der Waals surface area contributed by atoms with Gasteiger partial charge in [0, 0.05) is 12.6 Å². The van der Waals surface area contributed by atoms with Gasteiger partial charge in [0.1, 0.15) is 17.1 Å². The Morgan fingerprint density at radius 1 is 1.47 bits per heavy atom. The Bertz CT molecular complexity index is 415. The van der Waals surface area contributed by atoms with Crippen molar-refractivity contribution >= 4 is 5.91 Å². The average Bonchev–Trinajstić information content (AvgIpc) is 2.34. The maximum absolute atomic E-state index is 13.4. The zero-order chi connectivity index (χ0) is 14.4. The lowest BCUT2D eigenvalue weighted by Crippen LogP contribution is -2.31. The van der Waals surface area contributed by atoms with Crippen LogP contribution >= 0.6 is 0 Å². The summed E-state index contributed by atoms with van der Waals surface area (Å²) < 4.78 is 13.4. The number of benzene rings is 1. The molecule has 2 N–H and O–H groups in total. The molecule has 0 aliphatic rings. The number of carbonyl (C=O) groups excluding carboxylic acids is 1. The minimum Gasteiger partial charge on any atom is -0.507 e. The van der Waals surface area contributed by atoms with Gasteiger partial charge in [0.05, 0.1) is 0 Å². The predicted molar refractivity (Wildman–Crippen MR) is 72.8 cm³/mol. The molecule has 0 radical (unpaired) electrons. The summed E-state index contributed by atoms with van der Waals surface area (Å²) in [4.78, 5) is 13.9. The zero-order valence-electron chi connectivity index (χ0n) is 11.6. The Morgan fingerprint density at radius 2 is 2.16 bits per heavy atom. The Kier molecular flexibility index (Phi) is 5.76. The van der Waals surface area contributed by atoms with Crippen LogP contribution in [0.3, 0.4) is 0 Å². The average molecular weight is 268 g/mol. The third kappa shape index (κ3) is 4.52. The van der Waals surface area contributed by atoms with Crippen molar-refractivity contribution < 1.29 is 14.3 Å². The standard InChI is InChI=1S/C14H21FN2O2/c1-10(2)17(3)9-5-8-16-14(19)13-11(15)6-4-7-12(13)18/h4,6-7,10,18H,5,8-9H2,1-3H3,(H,16,19). The van der Waals surface area contributed by atoms with Crippen LogP contribution in [0, 0.1) is 5.82 Å². The number of phenolic OH excluding ortho intramolecular Hbond substituents is 1. The van der Waals surface area contributed by atoms with Gasteiger partial charge in [-0.05, 0) is 46.0 Å². The van der Waals surface area contributed by atoms with Crippen molar-refractivity contribution in [3.63, 3.8) is 0 Å². The van der Waals surface area contributed by atoms with Crippen molar-refractivity contribution in [1.82, 2.24) is 10.2 Å². The summed E-state index contributed by atoms with van der Waals surface area (Å²) in [6.07, 6.45) is 0.773. The molecule has 0 aliphatic carbocycles. The van der Waals surface area contributed by atoms with Crippen LogP contribution in [-0.2, 0) is 0 Å². The quantitative estimate of drug-likeness (QED) is 0.776. The molecule has 1 aromatic rings. The minimum atomic E-state index is -0.711. The van der Waals surface area contributed by atoms with Gasteiger partial charge < -0.3 is 15.3 Å². The molecule has 0 unspecified atom stereocenters. The second-order valence-corrected chi connectivity index (χ2v) is 4.82. The Hall–Kier alpha value is -1.62. The van der Waals surface area contributed by atoms with Crippen LogP contribution in [0.25, 0.3) is 0 Å². The number of carbonyl (C=O) groups is 1. The van der Waals surface area contributed by atoms with Crippen LogP contribution in [0.1, 0.15) is 30.6 Å². The second kappa shape index (κ2) is 7.09. The van der Waals surface area contributed by atoms with Gasteiger partial charge in [-0.2, -0.15) is 0 Å². The molecule has 0 saturated heterocycles. The Labute approximate surface area is 113 Å². The normalized spacial score (nSPS) is 11.1. The highest BCUT2D eigenvalue weighted by Crippen LogP contribution is 2.19. The number of hydrogen-bond donors (Lipinski definition) is 2. The van der Waals surface area contributed by atoms with Crippen LogP contribution in [0.15, 0.2) is 18.2 Å². The highest BCUT2D eigenvalue weighted by Gasteiger charge is 2.15. The lowest BCUT2D eigenvalue weighted by atomic mass is 10.1. The van der Waals surface area contributed by atoms with Gasteiger partial charge in [-0.15, -0.1) is 0 Å². The molecule has 1 rings (SSSR count). The molecule has 0 aromatic heterocycles. The van der Waals surface area contributed by atoms with E-state index in [2.05, 4.69) is 24.1 Å². The highest BCUT2D eigenvalue weighted by molar-refractivity contribution is 5.97.